The Labute approximate surface area is 125 Å². The van der Waals surface area contributed by atoms with Crippen molar-refractivity contribution in [1.29, 1.82) is 0 Å². The molecule has 21 heavy (non-hydrogen) atoms. The van der Waals surface area contributed by atoms with Crippen molar-refractivity contribution in [2.24, 2.45) is 0 Å². The fourth-order valence-corrected chi connectivity index (χ4v) is 3.52. The zero-order chi connectivity index (χ0) is 15.6. The SMILES string of the molecule is O=C(O)c1cc([Se]c2ccc(O)c(C(=O)O)c2)ccc1O. The van der Waals surface area contributed by atoms with Crippen molar-refractivity contribution >= 4 is 35.8 Å². The van der Waals surface area contributed by atoms with Crippen LogP contribution in [0.1, 0.15) is 20.7 Å². The van der Waals surface area contributed by atoms with Crippen LogP contribution in [0.5, 0.6) is 11.5 Å². The number of carbonyl (C=O) groups is 2. The summed E-state index contributed by atoms with van der Waals surface area (Å²) in [5.41, 5.74) is -0.404. The van der Waals surface area contributed by atoms with Gasteiger partial charge < -0.3 is 0 Å². The Morgan fingerprint density at radius 1 is 0.762 bits per heavy atom. The van der Waals surface area contributed by atoms with E-state index in [1.807, 2.05) is 0 Å². The zero-order valence-corrected chi connectivity index (χ0v) is 12.2. The molecule has 2 aromatic rings. The van der Waals surface area contributed by atoms with Crippen molar-refractivity contribution in [1.82, 2.24) is 0 Å². The topological polar surface area (TPSA) is 115 Å². The average Bonchev–Trinajstić information content (AvgIpc) is 2.42. The Morgan fingerprint density at radius 2 is 1.14 bits per heavy atom. The first-order valence-corrected chi connectivity index (χ1v) is 7.40. The fraction of sp³-hybridized carbons (Fsp3) is 0. The summed E-state index contributed by atoms with van der Waals surface area (Å²) < 4.78 is 1.33. The van der Waals surface area contributed by atoms with E-state index in [2.05, 4.69) is 0 Å². The Morgan fingerprint density at radius 3 is 1.48 bits per heavy atom. The van der Waals surface area contributed by atoms with Crippen LogP contribution in [-0.4, -0.2) is 47.3 Å². The maximum absolute atomic E-state index is 11.0. The molecule has 0 amide bonds. The predicted molar refractivity (Wildman–Crippen MR) is 75.2 cm³/mol. The number of phenols is 2. The van der Waals surface area contributed by atoms with Gasteiger partial charge in [-0.15, -0.1) is 0 Å². The molecule has 0 saturated heterocycles. The molecule has 0 atom stereocenters. The van der Waals surface area contributed by atoms with E-state index in [9.17, 15) is 19.8 Å². The van der Waals surface area contributed by atoms with Crippen molar-refractivity contribution < 1.29 is 30.0 Å². The molecule has 0 unspecified atom stereocenters. The summed E-state index contributed by atoms with van der Waals surface area (Å²) in [7, 11) is 0. The third kappa shape index (κ3) is 3.34. The van der Waals surface area contributed by atoms with Crippen molar-refractivity contribution in [3.8, 4) is 11.5 Å². The minimum absolute atomic E-state index is 0.202. The minimum atomic E-state index is -1.23. The second kappa shape index (κ2) is 5.87. The van der Waals surface area contributed by atoms with E-state index in [1.54, 1.807) is 12.1 Å². The van der Waals surface area contributed by atoms with E-state index >= 15 is 0 Å². The van der Waals surface area contributed by atoms with E-state index in [-0.39, 0.29) is 37.6 Å². The normalized spacial score (nSPS) is 10.3. The summed E-state index contributed by atoms with van der Waals surface area (Å²) in [4.78, 5) is 21.9. The van der Waals surface area contributed by atoms with Crippen LogP contribution >= 0.6 is 0 Å². The molecular weight excluding hydrogens is 343 g/mol. The van der Waals surface area contributed by atoms with Crippen molar-refractivity contribution in [2.45, 2.75) is 0 Å². The van der Waals surface area contributed by atoms with Gasteiger partial charge in [-0.25, -0.2) is 0 Å². The van der Waals surface area contributed by atoms with Crippen LogP contribution in [0, 0.1) is 0 Å². The van der Waals surface area contributed by atoms with E-state index in [1.165, 1.54) is 24.3 Å². The number of carboxylic acids is 2. The van der Waals surface area contributed by atoms with Gasteiger partial charge >= 0.3 is 125 Å². The predicted octanol–water partition coefficient (Wildman–Crippen LogP) is 0.149. The van der Waals surface area contributed by atoms with E-state index in [0.717, 1.165) is 0 Å². The monoisotopic (exact) mass is 354 g/mol. The van der Waals surface area contributed by atoms with Crippen LogP contribution in [0.4, 0.5) is 0 Å². The first-order chi connectivity index (χ1) is 9.88. The maximum atomic E-state index is 11.0. The number of hydrogen-bond donors (Lipinski definition) is 4. The van der Waals surface area contributed by atoms with Gasteiger partial charge in [0.2, 0.25) is 0 Å². The molecule has 2 aromatic carbocycles. The van der Waals surface area contributed by atoms with Crippen LogP contribution in [0.3, 0.4) is 0 Å². The van der Waals surface area contributed by atoms with Gasteiger partial charge in [-0.05, 0) is 0 Å². The number of hydrogen-bond acceptors (Lipinski definition) is 4. The van der Waals surface area contributed by atoms with Crippen LogP contribution in [0.2, 0.25) is 0 Å². The Bertz CT molecular complexity index is 664. The van der Waals surface area contributed by atoms with Crippen molar-refractivity contribution in [3.05, 3.63) is 47.5 Å². The van der Waals surface area contributed by atoms with Gasteiger partial charge in [-0.3, -0.25) is 0 Å². The second-order valence-electron chi connectivity index (χ2n) is 4.07. The summed E-state index contributed by atoms with van der Waals surface area (Å²) >= 11 is -0.351. The molecule has 0 heterocycles. The number of aromatic carboxylic acids is 2. The molecule has 0 radical (unpaired) electrons. The Balaban J connectivity index is 2.34. The van der Waals surface area contributed by atoms with E-state index in [0.29, 0.717) is 8.92 Å². The first kappa shape index (κ1) is 14.9. The van der Waals surface area contributed by atoms with Gasteiger partial charge in [0.25, 0.3) is 0 Å². The van der Waals surface area contributed by atoms with Gasteiger partial charge in [-0.2, -0.15) is 0 Å². The quantitative estimate of drug-likeness (QED) is 0.582. The molecule has 0 aromatic heterocycles. The van der Waals surface area contributed by atoms with Gasteiger partial charge in [0, 0.05) is 0 Å². The molecule has 0 aliphatic carbocycles. The Kier molecular flexibility index (Phi) is 4.16. The van der Waals surface area contributed by atoms with E-state index < -0.39 is 11.9 Å². The summed E-state index contributed by atoms with van der Waals surface area (Å²) in [5.74, 6) is -3.11. The van der Waals surface area contributed by atoms with Crippen LogP contribution in [0.25, 0.3) is 0 Å². The van der Waals surface area contributed by atoms with Crippen LogP contribution in [-0.2, 0) is 0 Å². The van der Waals surface area contributed by atoms with Gasteiger partial charge in [0.05, 0.1) is 0 Å². The summed E-state index contributed by atoms with van der Waals surface area (Å²) in [6.07, 6.45) is 0. The molecular formula is C14H10O6Se. The third-order valence-electron chi connectivity index (χ3n) is 2.63. The summed E-state index contributed by atoms with van der Waals surface area (Å²) in [6, 6.07) is 8.44. The van der Waals surface area contributed by atoms with Crippen molar-refractivity contribution in [3.63, 3.8) is 0 Å². The van der Waals surface area contributed by atoms with E-state index in [4.69, 9.17) is 10.2 Å². The number of benzene rings is 2. The van der Waals surface area contributed by atoms with Gasteiger partial charge in [-0.1, -0.05) is 0 Å². The molecule has 0 spiro atoms. The molecule has 0 saturated carbocycles. The number of aromatic hydroxyl groups is 2. The average molecular weight is 353 g/mol. The summed E-state index contributed by atoms with van der Waals surface area (Å²) in [5, 5.41) is 36.8. The number of rotatable bonds is 4. The molecule has 0 aliphatic rings. The Hall–Kier alpha value is -2.50. The fourth-order valence-electron chi connectivity index (χ4n) is 1.64. The molecule has 108 valence electrons. The molecule has 2 rings (SSSR count). The molecule has 0 bridgehead atoms. The molecule has 0 fully saturated rings. The molecule has 0 aliphatic heterocycles. The van der Waals surface area contributed by atoms with Gasteiger partial charge in [0.1, 0.15) is 0 Å². The molecule has 6 nitrogen and oxygen atoms in total. The standard InChI is InChI=1S/C14H10O6Se/c15-11-3-1-7(5-9(11)13(17)18)21-8-2-4-12(16)10(6-8)14(19)20/h1-6,15-16H,(H,17,18)(H,19,20). The third-order valence-corrected chi connectivity index (χ3v) is 4.69. The number of carboxylic acid groups (broad SMARTS) is 2. The van der Waals surface area contributed by atoms with Crippen LogP contribution < -0.4 is 8.92 Å². The van der Waals surface area contributed by atoms with Crippen molar-refractivity contribution in [2.75, 3.05) is 0 Å². The van der Waals surface area contributed by atoms with Crippen LogP contribution in [0.15, 0.2) is 36.4 Å². The summed E-state index contributed by atoms with van der Waals surface area (Å²) in [6.45, 7) is 0. The molecule has 4 N–H and O–H groups in total. The first-order valence-electron chi connectivity index (χ1n) is 5.69. The molecule has 7 heteroatoms. The second-order valence-corrected chi connectivity index (χ2v) is 6.48. The van der Waals surface area contributed by atoms with Gasteiger partial charge in [0.15, 0.2) is 0 Å². The zero-order valence-electron chi connectivity index (χ0n) is 10.5.